The van der Waals surface area contributed by atoms with Crippen molar-refractivity contribution in [2.24, 2.45) is 0 Å². The molecule has 43 heavy (non-hydrogen) atoms. The van der Waals surface area contributed by atoms with E-state index in [4.69, 9.17) is 18.9 Å². The van der Waals surface area contributed by atoms with E-state index < -0.39 is 49.1 Å². The molecule has 0 bridgehead atoms. The van der Waals surface area contributed by atoms with Crippen LogP contribution in [0.5, 0.6) is 0 Å². The van der Waals surface area contributed by atoms with Crippen LogP contribution in [0.3, 0.4) is 0 Å². The van der Waals surface area contributed by atoms with E-state index in [9.17, 15) is 24.6 Å². The van der Waals surface area contributed by atoms with Crippen molar-refractivity contribution in [1.82, 2.24) is 10.6 Å². The quantitative estimate of drug-likeness (QED) is 0.207. The highest BCUT2D eigenvalue weighted by Crippen LogP contribution is 2.28. The van der Waals surface area contributed by atoms with Crippen LogP contribution in [-0.2, 0) is 37.0 Å². The highest BCUT2D eigenvalue weighted by atomic mass is 16.7. The van der Waals surface area contributed by atoms with E-state index in [2.05, 4.69) is 10.6 Å². The van der Waals surface area contributed by atoms with Crippen LogP contribution in [0.15, 0.2) is 84.9 Å². The molecule has 0 spiro atoms. The average molecular weight is 593 g/mol. The lowest BCUT2D eigenvalue weighted by Crippen LogP contribution is -2.66. The van der Waals surface area contributed by atoms with Gasteiger partial charge in [-0.1, -0.05) is 72.8 Å². The van der Waals surface area contributed by atoms with Crippen molar-refractivity contribution in [3.8, 4) is 0 Å². The molecule has 3 aromatic rings. The summed E-state index contributed by atoms with van der Waals surface area (Å²) in [6.45, 7) is 1.37. The van der Waals surface area contributed by atoms with E-state index in [0.29, 0.717) is 0 Å². The Morgan fingerprint density at radius 2 is 1.35 bits per heavy atom. The minimum absolute atomic E-state index is 0.0205. The Balaban J connectivity index is 1.48. The van der Waals surface area contributed by atoms with Gasteiger partial charge in [0.05, 0.1) is 37.6 Å². The van der Waals surface area contributed by atoms with Crippen LogP contribution in [0.1, 0.15) is 38.8 Å². The van der Waals surface area contributed by atoms with E-state index in [-0.39, 0.29) is 43.4 Å². The molecule has 1 fully saturated rings. The van der Waals surface area contributed by atoms with Gasteiger partial charge in [0.2, 0.25) is 5.91 Å². The number of carboxylic acids is 1. The van der Waals surface area contributed by atoms with Crippen LogP contribution >= 0.6 is 0 Å². The first kappa shape index (κ1) is 31.8. The second kappa shape index (κ2) is 15.9. The predicted molar refractivity (Wildman–Crippen MR) is 155 cm³/mol. The fourth-order valence-corrected chi connectivity index (χ4v) is 4.82. The SMILES string of the molecule is CC(=O)N[C@@H]1[C@@H](OCCNC(=O)c2ccccc2C(=O)O)O[C@H](CO)[C@@H](OCc2ccccc2)[C@@H]1OCc1ccccc1. The molecular formula is C32H36N2O9. The van der Waals surface area contributed by atoms with Crippen molar-refractivity contribution < 1.29 is 43.5 Å². The number of amides is 2. The van der Waals surface area contributed by atoms with Crippen molar-refractivity contribution in [1.29, 1.82) is 0 Å². The summed E-state index contributed by atoms with van der Waals surface area (Å²) in [6, 6.07) is 24.1. The number of carboxylic acid groups (broad SMARTS) is 1. The summed E-state index contributed by atoms with van der Waals surface area (Å²) in [4.78, 5) is 36.4. The van der Waals surface area contributed by atoms with Crippen LogP contribution < -0.4 is 10.6 Å². The maximum atomic E-state index is 12.6. The number of ether oxygens (including phenoxy) is 4. The number of aliphatic hydroxyl groups excluding tert-OH is 1. The first-order valence-corrected chi connectivity index (χ1v) is 13.9. The largest absolute Gasteiger partial charge is 0.478 e. The standard InChI is InChI=1S/C32H36N2O9/c1-21(36)34-27-29(42-20-23-12-6-3-7-13-23)28(41-19-22-10-4-2-5-11-22)26(18-35)43-32(27)40-17-16-33-30(37)24-14-8-9-15-25(24)31(38)39/h2-15,26-29,32,35H,16-20H2,1H3,(H,33,37)(H,34,36)(H,38,39)/t26-,27+,28-,29-,32+/m1/s1. The molecule has 11 nitrogen and oxygen atoms in total. The number of nitrogens with one attached hydrogen (secondary N) is 2. The Bertz CT molecular complexity index is 1340. The fraction of sp³-hybridized carbons (Fsp3) is 0.344. The van der Waals surface area contributed by atoms with Crippen molar-refractivity contribution in [2.45, 2.75) is 50.8 Å². The fourth-order valence-electron chi connectivity index (χ4n) is 4.82. The lowest BCUT2D eigenvalue weighted by Gasteiger charge is -2.45. The highest BCUT2D eigenvalue weighted by Gasteiger charge is 2.48. The number of hydrogen-bond donors (Lipinski definition) is 4. The summed E-state index contributed by atoms with van der Waals surface area (Å²) >= 11 is 0. The molecule has 0 aliphatic carbocycles. The molecule has 1 aliphatic heterocycles. The van der Waals surface area contributed by atoms with Gasteiger partial charge >= 0.3 is 5.97 Å². The number of carbonyl (C=O) groups excluding carboxylic acids is 2. The van der Waals surface area contributed by atoms with Gasteiger partial charge in [-0.3, -0.25) is 9.59 Å². The second-order valence-corrected chi connectivity index (χ2v) is 9.95. The highest BCUT2D eigenvalue weighted by molar-refractivity contribution is 6.04. The summed E-state index contributed by atoms with van der Waals surface area (Å²) in [5.41, 5.74) is 1.72. The first-order valence-electron chi connectivity index (χ1n) is 13.9. The number of aromatic carboxylic acids is 1. The summed E-state index contributed by atoms with van der Waals surface area (Å²) in [6.07, 6.45) is -3.45. The lowest BCUT2D eigenvalue weighted by atomic mass is 9.96. The molecule has 1 heterocycles. The van der Waals surface area contributed by atoms with Crippen molar-refractivity contribution in [2.75, 3.05) is 19.8 Å². The molecular weight excluding hydrogens is 556 g/mol. The maximum absolute atomic E-state index is 12.6. The molecule has 2 amide bonds. The van der Waals surface area contributed by atoms with E-state index >= 15 is 0 Å². The van der Waals surface area contributed by atoms with E-state index in [0.717, 1.165) is 11.1 Å². The Hall–Kier alpha value is -4.13. The maximum Gasteiger partial charge on any atom is 0.336 e. The average Bonchev–Trinajstić information content (AvgIpc) is 3.02. The van der Waals surface area contributed by atoms with Crippen molar-refractivity contribution in [3.05, 3.63) is 107 Å². The smallest absolute Gasteiger partial charge is 0.336 e. The van der Waals surface area contributed by atoms with Gasteiger partial charge in [0, 0.05) is 13.5 Å². The van der Waals surface area contributed by atoms with Crippen molar-refractivity contribution in [3.63, 3.8) is 0 Å². The monoisotopic (exact) mass is 592 g/mol. The van der Waals surface area contributed by atoms with E-state index in [1.165, 1.54) is 25.1 Å². The summed E-state index contributed by atoms with van der Waals surface area (Å²) in [5, 5.41) is 25.2. The van der Waals surface area contributed by atoms with Crippen LogP contribution in [-0.4, -0.2) is 78.4 Å². The molecule has 0 unspecified atom stereocenters. The van der Waals surface area contributed by atoms with Gasteiger partial charge in [-0.05, 0) is 23.3 Å². The first-order chi connectivity index (χ1) is 20.9. The zero-order chi connectivity index (χ0) is 30.6. The van der Waals surface area contributed by atoms with E-state index in [1.54, 1.807) is 6.07 Å². The number of hydrogen-bond acceptors (Lipinski definition) is 8. The molecule has 1 aliphatic rings. The molecule has 4 N–H and O–H groups in total. The number of benzene rings is 3. The van der Waals surface area contributed by atoms with E-state index in [1.807, 2.05) is 60.7 Å². The van der Waals surface area contributed by atoms with Crippen LogP contribution in [0.4, 0.5) is 0 Å². The third-order valence-electron chi connectivity index (χ3n) is 6.84. The van der Waals surface area contributed by atoms with Crippen molar-refractivity contribution >= 4 is 17.8 Å². The van der Waals surface area contributed by atoms with Gasteiger partial charge in [0.15, 0.2) is 6.29 Å². The zero-order valence-electron chi connectivity index (χ0n) is 23.8. The summed E-state index contributed by atoms with van der Waals surface area (Å²) < 4.78 is 24.7. The second-order valence-electron chi connectivity index (χ2n) is 9.95. The van der Waals surface area contributed by atoms with Gasteiger partial charge in [-0.15, -0.1) is 0 Å². The topological polar surface area (TPSA) is 153 Å². The Labute approximate surface area is 249 Å². The van der Waals surface area contributed by atoms with Crippen LogP contribution in [0, 0.1) is 0 Å². The molecule has 5 atom stereocenters. The third kappa shape index (κ3) is 8.93. The van der Waals surface area contributed by atoms with Gasteiger partial charge in [0.25, 0.3) is 5.91 Å². The number of rotatable bonds is 14. The molecule has 0 saturated carbocycles. The lowest BCUT2D eigenvalue weighted by molar-refractivity contribution is -0.287. The zero-order valence-corrected chi connectivity index (χ0v) is 23.8. The Morgan fingerprint density at radius 3 is 1.91 bits per heavy atom. The predicted octanol–water partition coefficient (Wildman–Crippen LogP) is 2.52. The van der Waals surface area contributed by atoms with Gasteiger partial charge in [-0.2, -0.15) is 0 Å². The van der Waals surface area contributed by atoms with Crippen LogP contribution in [0.25, 0.3) is 0 Å². The molecule has 11 heteroatoms. The molecule has 1 saturated heterocycles. The molecule has 4 rings (SSSR count). The van der Waals surface area contributed by atoms with Gasteiger partial charge in [0.1, 0.15) is 24.4 Å². The van der Waals surface area contributed by atoms with Crippen LogP contribution in [0.2, 0.25) is 0 Å². The molecule has 3 aromatic carbocycles. The molecule has 0 radical (unpaired) electrons. The summed E-state index contributed by atoms with van der Waals surface area (Å²) in [7, 11) is 0. The number of aliphatic hydroxyl groups is 1. The minimum Gasteiger partial charge on any atom is -0.478 e. The number of carbonyl (C=O) groups is 3. The Kier molecular flexibility index (Phi) is 11.8. The third-order valence-corrected chi connectivity index (χ3v) is 6.84. The summed E-state index contributed by atoms with van der Waals surface area (Å²) in [5.74, 6) is -2.13. The van der Waals surface area contributed by atoms with Gasteiger partial charge in [-0.25, -0.2) is 4.79 Å². The molecule has 0 aromatic heterocycles. The molecule has 228 valence electrons. The van der Waals surface area contributed by atoms with Gasteiger partial charge < -0.3 is 39.8 Å². The minimum atomic E-state index is -1.21. The Morgan fingerprint density at radius 1 is 0.791 bits per heavy atom. The normalized spacial score (nSPS) is 21.6.